The van der Waals surface area contributed by atoms with Crippen molar-refractivity contribution in [1.29, 1.82) is 0 Å². The second kappa shape index (κ2) is 6.84. The Morgan fingerprint density at radius 1 is 1.36 bits per heavy atom. The lowest BCUT2D eigenvalue weighted by atomic mass is 10.0. The molecule has 7 nitrogen and oxygen atoms in total. The van der Waals surface area contributed by atoms with E-state index in [1.54, 1.807) is 6.08 Å². The van der Waals surface area contributed by atoms with Crippen LogP contribution < -0.4 is 5.43 Å². The number of aryl methyl sites for hydroxylation is 1. The first kappa shape index (κ1) is 17.4. The third-order valence-electron chi connectivity index (χ3n) is 4.50. The van der Waals surface area contributed by atoms with Gasteiger partial charge in [-0.15, -0.1) is 0 Å². The highest BCUT2D eigenvalue weighted by Crippen LogP contribution is 2.35. The minimum atomic E-state index is -0.343. The Morgan fingerprint density at radius 3 is 2.72 bits per heavy atom. The zero-order valence-corrected chi connectivity index (χ0v) is 15.1. The van der Waals surface area contributed by atoms with Gasteiger partial charge in [-0.25, -0.2) is 10.2 Å². The lowest BCUT2D eigenvalue weighted by Crippen LogP contribution is -2.20. The maximum Gasteiger partial charge on any atom is 0.340 e. The lowest BCUT2D eigenvalue weighted by Gasteiger charge is -2.10. The molecule has 1 aromatic heterocycles. The van der Waals surface area contributed by atoms with Crippen molar-refractivity contribution >= 4 is 23.7 Å². The number of rotatable bonds is 6. The molecule has 1 aliphatic carbocycles. The number of H-pyrrole nitrogens is 1. The lowest BCUT2D eigenvalue weighted by molar-refractivity contribution is -0.116. The number of ether oxygens (including phenoxy) is 1. The number of aromatic nitrogens is 1. The molecule has 134 valence electrons. The van der Waals surface area contributed by atoms with Gasteiger partial charge in [0.1, 0.15) is 6.61 Å². The van der Waals surface area contributed by atoms with E-state index in [2.05, 4.69) is 15.5 Å². The third kappa shape index (κ3) is 3.66. The smallest absolute Gasteiger partial charge is 0.340 e. The van der Waals surface area contributed by atoms with Gasteiger partial charge >= 0.3 is 5.97 Å². The fourth-order valence-electron chi connectivity index (χ4n) is 2.92. The highest BCUT2D eigenvalue weighted by Gasteiger charge is 2.36. The molecule has 7 heteroatoms. The van der Waals surface area contributed by atoms with Gasteiger partial charge in [0.25, 0.3) is 5.91 Å². The number of nitrogens with zero attached hydrogens (tertiary/aromatic N) is 2. The molecule has 0 unspecified atom stereocenters. The molecule has 1 aromatic rings. The molecule has 0 radical (unpaired) electrons. The van der Waals surface area contributed by atoms with Crippen LogP contribution >= 0.6 is 0 Å². The van der Waals surface area contributed by atoms with Crippen LogP contribution in [0.1, 0.15) is 40.2 Å². The van der Waals surface area contributed by atoms with Crippen molar-refractivity contribution in [1.82, 2.24) is 15.3 Å². The van der Waals surface area contributed by atoms with Crippen molar-refractivity contribution in [3.05, 3.63) is 28.1 Å². The number of hydrogen-bond donors (Lipinski definition) is 2. The summed E-state index contributed by atoms with van der Waals surface area (Å²) in [4.78, 5) is 29.6. The second-order valence-electron chi connectivity index (χ2n) is 6.87. The topological polar surface area (TPSA) is 86.8 Å². The van der Waals surface area contributed by atoms with Gasteiger partial charge in [0.15, 0.2) is 0 Å². The quantitative estimate of drug-likeness (QED) is 0.606. The van der Waals surface area contributed by atoms with Crippen LogP contribution in [0.15, 0.2) is 10.7 Å². The van der Waals surface area contributed by atoms with Crippen LogP contribution in [0.3, 0.4) is 0 Å². The van der Waals surface area contributed by atoms with E-state index in [0.29, 0.717) is 30.2 Å². The van der Waals surface area contributed by atoms with Gasteiger partial charge in [-0.05, 0) is 52.4 Å². The van der Waals surface area contributed by atoms with Gasteiger partial charge < -0.3 is 14.6 Å². The predicted molar refractivity (Wildman–Crippen MR) is 95.4 cm³/mol. The molecule has 0 bridgehead atoms. The van der Waals surface area contributed by atoms with Gasteiger partial charge in [0, 0.05) is 23.9 Å². The number of likely N-dealkylation sites (N-methyl/N-ethyl adjacent to an activating group) is 1. The minimum Gasteiger partial charge on any atom is -0.461 e. The Kier molecular flexibility index (Phi) is 4.76. The van der Waals surface area contributed by atoms with Crippen LogP contribution in [-0.4, -0.2) is 54.7 Å². The molecule has 1 aliphatic heterocycles. The summed E-state index contributed by atoms with van der Waals surface area (Å²) in [7, 11) is 3.85. The first-order valence-corrected chi connectivity index (χ1v) is 8.49. The largest absolute Gasteiger partial charge is 0.461 e. The van der Waals surface area contributed by atoms with E-state index in [1.807, 2.05) is 32.8 Å². The van der Waals surface area contributed by atoms with E-state index in [4.69, 9.17) is 4.74 Å². The van der Waals surface area contributed by atoms with Crippen LogP contribution in [0.5, 0.6) is 0 Å². The van der Waals surface area contributed by atoms with E-state index < -0.39 is 0 Å². The van der Waals surface area contributed by atoms with Crippen LogP contribution in [0, 0.1) is 19.8 Å². The molecule has 0 atom stereocenters. The highest BCUT2D eigenvalue weighted by atomic mass is 16.5. The maximum atomic E-state index is 12.4. The van der Waals surface area contributed by atoms with Crippen molar-refractivity contribution in [2.24, 2.45) is 11.0 Å². The molecule has 1 amide bonds. The summed E-state index contributed by atoms with van der Waals surface area (Å²) >= 11 is 0. The summed E-state index contributed by atoms with van der Waals surface area (Å²) in [6.45, 7) is 4.71. The van der Waals surface area contributed by atoms with Gasteiger partial charge in [-0.3, -0.25) is 4.79 Å². The number of carbonyl (C=O) groups excluding carboxylic acids is 2. The molecule has 1 saturated carbocycles. The van der Waals surface area contributed by atoms with Gasteiger partial charge in [-0.1, -0.05) is 0 Å². The molecule has 2 aliphatic rings. The summed E-state index contributed by atoms with van der Waals surface area (Å²) in [5, 5.41) is 4.15. The van der Waals surface area contributed by atoms with Gasteiger partial charge in [0.05, 0.1) is 16.8 Å². The third-order valence-corrected chi connectivity index (χ3v) is 4.50. The van der Waals surface area contributed by atoms with Crippen molar-refractivity contribution in [3.63, 3.8) is 0 Å². The zero-order valence-electron chi connectivity index (χ0n) is 15.1. The first-order valence-electron chi connectivity index (χ1n) is 8.49. The SMILES string of the molecule is Cc1[nH]c(C=C2C(=O)NN=C2C2CC2)c(C)c1C(=O)OCCN(C)C. The Hall–Kier alpha value is -2.41. The van der Waals surface area contributed by atoms with Crippen LogP contribution in [0.25, 0.3) is 6.08 Å². The maximum absolute atomic E-state index is 12.4. The van der Waals surface area contributed by atoms with Crippen molar-refractivity contribution in [2.75, 3.05) is 27.2 Å². The average Bonchev–Trinajstić information content (AvgIpc) is 3.25. The summed E-state index contributed by atoms with van der Waals surface area (Å²) in [6, 6.07) is 0. The molecule has 0 spiro atoms. The molecule has 2 heterocycles. The van der Waals surface area contributed by atoms with Crippen molar-refractivity contribution < 1.29 is 14.3 Å². The predicted octanol–water partition coefficient (Wildman–Crippen LogP) is 1.63. The summed E-state index contributed by atoms with van der Waals surface area (Å²) in [5.74, 6) is -0.162. The standard InChI is InChI=1S/C18H24N4O3/c1-10-14(9-13-16(12-5-6-12)20-21-17(13)23)19-11(2)15(10)18(24)25-8-7-22(3)4/h9,12,19H,5-8H2,1-4H3,(H,21,23). The van der Waals surface area contributed by atoms with Gasteiger partial charge in [0.2, 0.25) is 0 Å². The van der Waals surface area contributed by atoms with E-state index in [9.17, 15) is 9.59 Å². The molecule has 3 rings (SSSR count). The molecule has 0 aromatic carbocycles. The molecule has 2 N–H and O–H groups in total. The number of hydrazone groups is 1. The molecule has 25 heavy (non-hydrogen) atoms. The molecular weight excluding hydrogens is 320 g/mol. The average molecular weight is 344 g/mol. The van der Waals surface area contributed by atoms with E-state index in [0.717, 1.165) is 35.5 Å². The van der Waals surface area contributed by atoms with Crippen molar-refractivity contribution in [2.45, 2.75) is 26.7 Å². The Balaban J connectivity index is 1.82. The molecule has 1 fully saturated rings. The van der Waals surface area contributed by atoms with E-state index in [1.165, 1.54) is 0 Å². The fraction of sp³-hybridized carbons (Fsp3) is 0.500. The number of carbonyl (C=O) groups is 2. The van der Waals surface area contributed by atoms with E-state index >= 15 is 0 Å². The van der Waals surface area contributed by atoms with Gasteiger partial charge in [-0.2, -0.15) is 5.10 Å². The Labute approximate surface area is 147 Å². The fourth-order valence-corrected chi connectivity index (χ4v) is 2.92. The Morgan fingerprint density at radius 2 is 2.08 bits per heavy atom. The van der Waals surface area contributed by atoms with Crippen LogP contribution in [0.4, 0.5) is 0 Å². The molecular formula is C18H24N4O3. The normalized spacial score (nSPS) is 18.7. The first-order chi connectivity index (χ1) is 11.9. The second-order valence-corrected chi connectivity index (χ2v) is 6.87. The summed E-state index contributed by atoms with van der Waals surface area (Å²) in [6.07, 6.45) is 3.92. The van der Waals surface area contributed by atoms with E-state index in [-0.39, 0.29) is 11.9 Å². The summed E-state index contributed by atoms with van der Waals surface area (Å²) < 4.78 is 5.35. The molecule has 0 saturated heterocycles. The zero-order chi connectivity index (χ0) is 18.1. The highest BCUT2D eigenvalue weighted by molar-refractivity contribution is 6.28. The minimum absolute atomic E-state index is 0.191. The number of nitrogens with one attached hydrogen (secondary N) is 2. The number of hydrogen-bond acceptors (Lipinski definition) is 5. The van der Waals surface area contributed by atoms with Crippen molar-refractivity contribution in [3.8, 4) is 0 Å². The number of aromatic amines is 1. The monoisotopic (exact) mass is 344 g/mol. The van der Waals surface area contributed by atoms with Crippen LogP contribution in [0.2, 0.25) is 0 Å². The number of amides is 1. The Bertz CT molecular complexity index is 770. The number of esters is 1. The van der Waals surface area contributed by atoms with Crippen LogP contribution in [-0.2, 0) is 9.53 Å². The summed E-state index contributed by atoms with van der Waals surface area (Å²) in [5.41, 5.74) is 6.75.